The first kappa shape index (κ1) is 22.3. The van der Waals surface area contributed by atoms with Crippen LogP contribution in [0.5, 0.6) is 0 Å². The van der Waals surface area contributed by atoms with Crippen molar-refractivity contribution in [2.75, 3.05) is 0 Å². The Labute approximate surface area is 175 Å². The molecule has 0 bridgehead atoms. The highest BCUT2D eigenvalue weighted by Crippen LogP contribution is 2.45. The van der Waals surface area contributed by atoms with Gasteiger partial charge in [-0.15, -0.1) is 0 Å². The number of Topliss-reactive ketones (excluding diaryl/α,β-unsaturated/α-hetero) is 1. The molecule has 2 unspecified atom stereocenters. The minimum Gasteiger partial charge on any atom is -0.461 e. The van der Waals surface area contributed by atoms with Crippen LogP contribution in [0, 0.1) is 35.5 Å². The van der Waals surface area contributed by atoms with E-state index < -0.39 is 6.10 Å². The molecule has 0 aromatic heterocycles. The van der Waals surface area contributed by atoms with Gasteiger partial charge in [0.1, 0.15) is 11.9 Å². The highest BCUT2D eigenvalue weighted by Gasteiger charge is 2.42. The maximum absolute atomic E-state index is 12.6. The molecule has 8 atom stereocenters. The second-order valence-electron chi connectivity index (χ2n) is 9.85. The summed E-state index contributed by atoms with van der Waals surface area (Å²) in [6, 6.07) is 0. The molecule has 4 nitrogen and oxygen atoms in total. The van der Waals surface area contributed by atoms with Crippen LogP contribution < -0.4 is 0 Å². The molecule has 3 rings (SSSR count). The van der Waals surface area contributed by atoms with E-state index in [1.54, 1.807) is 0 Å². The molecule has 29 heavy (non-hydrogen) atoms. The standard InChI is InChI=1S/C25H38O4/c1-5-16(3)25(28)29-23-11-15(2)10-19-8-6-17(4)22(24(19)23)9-7-18-12-20(26)14-21(27)13-18/h6,8,10,15-18,20,22-24,26H,5,7,9,11-14H2,1-4H3/t15-,16-,17-,18?,20+,22-,23?,24-/m0/s1. The lowest BCUT2D eigenvalue weighted by Crippen LogP contribution is -2.41. The largest absolute Gasteiger partial charge is 0.461 e. The van der Waals surface area contributed by atoms with E-state index in [-0.39, 0.29) is 35.6 Å². The zero-order chi connectivity index (χ0) is 21.1. The Balaban J connectivity index is 1.74. The third kappa shape index (κ3) is 5.39. The highest BCUT2D eigenvalue weighted by atomic mass is 16.5. The minimum atomic E-state index is -0.472. The van der Waals surface area contributed by atoms with Crippen LogP contribution in [0.15, 0.2) is 23.8 Å². The van der Waals surface area contributed by atoms with Crippen molar-refractivity contribution in [2.24, 2.45) is 35.5 Å². The molecule has 1 N–H and O–H groups in total. The van der Waals surface area contributed by atoms with Gasteiger partial charge >= 0.3 is 5.97 Å². The summed E-state index contributed by atoms with van der Waals surface area (Å²) < 4.78 is 6.08. The molecule has 3 aliphatic carbocycles. The molecule has 0 aromatic rings. The van der Waals surface area contributed by atoms with Crippen LogP contribution in [0.1, 0.15) is 72.6 Å². The third-order valence-electron chi connectivity index (χ3n) is 7.37. The van der Waals surface area contributed by atoms with Gasteiger partial charge < -0.3 is 9.84 Å². The number of carbonyl (C=O) groups excluding carboxylic acids is 2. The van der Waals surface area contributed by atoms with E-state index in [4.69, 9.17) is 4.74 Å². The summed E-state index contributed by atoms with van der Waals surface area (Å²) >= 11 is 0. The van der Waals surface area contributed by atoms with Crippen molar-refractivity contribution in [1.82, 2.24) is 0 Å². The normalized spacial score (nSPS) is 38.2. The van der Waals surface area contributed by atoms with Crippen LogP contribution in [0.2, 0.25) is 0 Å². The van der Waals surface area contributed by atoms with Crippen LogP contribution in [-0.2, 0) is 14.3 Å². The molecule has 0 saturated heterocycles. The zero-order valence-corrected chi connectivity index (χ0v) is 18.5. The first-order chi connectivity index (χ1) is 13.8. The Kier molecular flexibility index (Phi) is 7.37. The monoisotopic (exact) mass is 402 g/mol. The van der Waals surface area contributed by atoms with E-state index >= 15 is 0 Å². The van der Waals surface area contributed by atoms with Gasteiger partial charge in [-0.3, -0.25) is 9.59 Å². The van der Waals surface area contributed by atoms with Crippen molar-refractivity contribution in [2.45, 2.75) is 84.8 Å². The Hall–Kier alpha value is -1.42. The number of aliphatic hydroxyl groups is 1. The molecule has 0 amide bonds. The van der Waals surface area contributed by atoms with Crippen molar-refractivity contribution >= 4 is 11.8 Å². The average molecular weight is 403 g/mol. The Bertz CT molecular complexity index is 664. The molecule has 1 saturated carbocycles. The number of carbonyl (C=O) groups is 2. The topological polar surface area (TPSA) is 63.6 Å². The van der Waals surface area contributed by atoms with Crippen LogP contribution in [-0.4, -0.2) is 29.1 Å². The van der Waals surface area contributed by atoms with E-state index in [1.807, 2.05) is 13.8 Å². The van der Waals surface area contributed by atoms with E-state index in [0.29, 0.717) is 30.6 Å². The lowest BCUT2D eigenvalue weighted by Gasteiger charge is -2.43. The second-order valence-corrected chi connectivity index (χ2v) is 9.85. The van der Waals surface area contributed by atoms with Crippen LogP contribution in [0.25, 0.3) is 0 Å². The fourth-order valence-corrected chi connectivity index (χ4v) is 5.52. The predicted molar refractivity (Wildman–Crippen MR) is 114 cm³/mol. The molecule has 1 fully saturated rings. The van der Waals surface area contributed by atoms with Gasteiger partial charge in [-0.05, 0) is 61.3 Å². The van der Waals surface area contributed by atoms with E-state index in [9.17, 15) is 14.7 Å². The van der Waals surface area contributed by atoms with Gasteiger partial charge in [-0.25, -0.2) is 0 Å². The molecule has 0 radical (unpaired) electrons. The fraction of sp³-hybridized carbons (Fsp3) is 0.760. The van der Waals surface area contributed by atoms with Gasteiger partial charge in [0.15, 0.2) is 0 Å². The number of ketones is 1. The maximum atomic E-state index is 12.6. The number of fused-ring (bicyclic) bond motifs is 1. The first-order valence-electron chi connectivity index (χ1n) is 11.6. The second kappa shape index (κ2) is 9.59. The van der Waals surface area contributed by atoms with E-state index in [2.05, 4.69) is 32.1 Å². The van der Waals surface area contributed by atoms with Gasteiger partial charge in [0.25, 0.3) is 0 Å². The summed E-state index contributed by atoms with van der Waals surface area (Å²) in [5.41, 5.74) is 1.31. The molecule has 3 aliphatic rings. The van der Waals surface area contributed by atoms with Gasteiger partial charge in [-0.1, -0.05) is 45.9 Å². The number of hydrogen-bond donors (Lipinski definition) is 1. The van der Waals surface area contributed by atoms with Gasteiger partial charge in [-0.2, -0.15) is 0 Å². The molecule has 0 heterocycles. The minimum absolute atomic E-state index is 0.0654. The Morgan fingerprint density at radius 1 is 1.24 bits per heavy atom. The fourth-order valence-electron chi connectivity index (χ4n) is 5.52. The van der Waals surface area contributed by atoms with Crippen LogP contribution >= 0.6 is 0 Å². The number of allylic oxidation sites excluding steroid dienone is 3. The molecular formula is C25H38O4. The van der Waals surface area contributed by atoms with Crippen molar-refractivity contribution in [3.05, 3.63) is 23.8 Å². The summed E-state index contributed by atoms with van der Waals surface area (Å²) in [5.74, 6) is 1.79. The van der Waals surface area contributed by atoms with Gasteiger partial charge in [0.05, 0.1) is 12.0 Å². The summed E-state index contributed by atoms with van der Waals surface area (Å²) in [4.78, 5) is 24.5. The quantitative estimate of drug-likeness (QED) is 0.645. The van der Waals surface area contributed by atoms with Crippen molar-refractivity contribution in [3.8, 4) is 0 Å². The highest BCUT2D eigenvalue weighted by molar-refractivity contribution is 5.79. The Morgan fingerprint density at radius 2 is 2.00 bits per heavy atom. The van der Waals surface area contributed by atoms with Crippen LogP contribution in [0.3, 0.4) is 0 Å². The summed E-state index contributed by atoms with van der Waals surface area (Å²) in [6.45, 7) is 8.42. The SMILES string of the molecule is CC[C@H](C)C(=O)OC1C[C@@H](C)C=C2C=C[C@H](C)[C@H](CCC3CC(=O)C[C@H](O)C3)[C@H]21. The summed E-state index contributed by atoms with van der Waals surface area (Å²) in [5, 5.41) is 9.97. The summed E-state index contributed by atoms with van der Waals surface area (Å²) in [6.07, 6.45) is 11.6. The molecule has 4 heteroatoms. The van der Waals surface area contributed by atoms with Gasteiger partial charge in [0.2, 0.25) is 0 Å². The Morgan fingerprint density at radius 3 is 2.69 bits per heavy atom. The number of hydrogen-bond acceptors (Lipinski definition) is 4. The van der Waals surface area contributed by atoms with Crippen LogP contribution in [0.4, 0.5) is 0 Å². The predicted octanol–water partition coefficient (Wildman–Crippen LogP) is 4.86. The zero-order valence-electron chi connectivity index (χ0n) is 18.5. The van der Waals surface area contributed by atoms with E-state index in [1.165, 1.54) is 5.57 Å². The number of ether oxygens (including phenoxy) is 1. The number of esters is 1. The van der Waals surface area contributed by atoms with Crippen molar-refractivity contribution in [3.63, 3.8) is 0 Å². The first-order valence-corrected chi connectivity index (χ1v) is 11.6. The van der Waals surface area contributed by atoms with E-state index in [0.717, 1.165) is 32.1 Å². The molecular weight excluding hydrogens is 364 g/mol. The lowest BCUT2D eigenvalue weighted by atomic mass is 9.64. The maximum Gasteiger partial charge on any atom is 0.308 e. The van der Waals surface area contributed by atoms with Crippen molar-refractivity contribution in [1.29, 1.82) is 0 Å². The molecule has 162 valence electrons. The molecule has 0 aromatic carbocycles. The van der Waals surface area contributed by atoms with Crippen molar-refractivity contribution < 1.29 is 19.4 Å². The smallest absolute Gasteiger partial charge is 0.308 e. The number of aliphatic hydroxyl groups excluding tert-OH is 1. The number of rotatable bonds is 6. The molecule has 0 spiro atoms. The van der Waals surface area contributed by atoms with Gasteiger partial charge in [0, 0.05) is 18.8 Å². The third-order valence-corrected chi connectivity index (χ3v) is 7.37. The average Bonchev–Trinajstić information content (AvgIpc) is 2.65. The molecule has 0 aliphatic heterocycles. The lowest BCUT2D eigenvalue weighted by molar-refractivity contribution is -0.158. The summed E-state index contributed by atoms with van der Waals surface area (Å²) in [7, 11) is 0.